The van der Waals surface area contributed by atoms with Gasteiger partial charge in [0.15, 0.2) is 0 Å². The van der Waals surface area contributed by atoms with Crippen molar-refractivity contribution in [2.45, 2.75) is 33.1 Å². The van der Waals surface area contributed by atoms with Crippen LogP contribution in [-0.2, 0) is 19.3 Å². The Bertz CT molecular complexity index is 231. The summed E-state index contributed by atoms with van der Waals surface area (Å²) in [6.07, 6.45) is 3.15. The van der Waals surface area contributed by atoms with Gasteiger partial charge in [0.05, 0.1) is 5.69 Å². The van der Waals surface area contributed by atoms with E-state index in [-0.39, 0.29) is 0 Å². The van der Waals surface area contributed by atoms with Crippen molar-refractivity contribution in [1.82, 2.24) is 15.5 Å². The summed E-state index contributed by atoms with van der Waals surface area (Å²) in [6.45, 7) is 5.34. The highest BCUT2D eigenvalue weighted by atomic mass is 15.1. The van der Waals surface area contributed by atoms with Gasteiger partial charge in [-0.1, -0.05) is 13.8 Å². The monoisotopic (exact) mass is 181 g/mol. The minimum absolute atomic E-state index is 1.02. The second-order valence-electron chi connectivity index (χ2n) is 3.19. The standard InChI is InChI=1S/C10H19N3/c1-4-9-8(6-7-11-3)10(5-2)13-12-9/h11H,4-7H2,1-3H3,(H,12,13). The number of H-pyrrole nitrogens is 1. The van der Waals surface area contributed by atoms with E-state index in [1.54, 1.807) is 0 Å². The van der Waals surface area contributed by atoms with Crippen LogP contribution in [0, 0.1) is 0 Å². The van der Waals surface area contributed by atoms with Gasteiger partial charge in [0, 0.05) is 5.69 Å². The molecule has 0 aromatic carbocycles. The summed E-state index contributed by atoms with van der Waals surface area (Å²) in [6, 6.07) is 0. The molecule has 2 N–H and O–H groups in total. The van der Waals surface area contributed by atoms with Crippen LogP contribution in [-0.4, -0.2) is 23.8 Å². The average molecular weight is 181 g/mol. The lowest BCUT2D eigenvalue weighted by Gasteiger charge is -2.02. The third-order valence-electron chi connectivity index (χ3n) is 2.35. The predicted molar refractivity (Wildman–Crippen MR) is 55.0 cm³/mol. The maximum atomic E-state index is 4.31. The molecule has 0 amide bonds. The summed E-state index contributed by atoms with van der Waals surface area (Å²) >= 11 is 0. The SMILES string of the molecule is CCc1n[nH]c(CC)c1CCNC. The Morgan fingerprint density at radius 1 is 1.31 bits per heavy atom. The first-order chi connectivity index (χ1) is 6.33. The molecule has 3 heteroatoms. The summed E-state index contributed by atoms with van der Waals surface area (Å²) in [5.41, 5.74) is 3.94. The van der Waals surface area contributed by atoms with E-state index < -0.39 is 0 Å². The fourth-order valence-electron chi connectivity index (χ4n) is 1.57. The zero-order valence-corrected chi connectivity index (χ0v) is 8.78. The smallest absolute Gasteiger partial charge is 0.0654 e. The number of aryl methyl sites for hydroxylation is 2. The van der Waals surface area contributed by atoms with Crippen LogP contribution < -0.4 is 5.32 Å². The van der Waals surface area contributed by atoms with Gasteiger partial charge in [0.25, 0.3) is 0 Å². The number of nitrogens with zero attached hydrogens (tertiary/aromatic N) is 1. The van der Waals surface area contributed by atoms with E-state index in [2.05, 4.69) is 29.4 Å². The van der Waals surface area contributed by atoms with Gasteiger partial charge < -0.3 is 5.32 Å². The topological polar surface area (TPSA) is 40.7 Å². The van der Waals surface area contributed by atoms with E-state index in [1.165, 1.54) is 17.0 Å². The fraction of sp³-hybridized carbons (Fsp3) is 0.700. The van der Waals surface area contributed by atoms with Gasteiger partial charge in [-0.3, -0.25) is 5.10 Å². The molecule has 0 aliphatic carbocycles. The van der Waals surface area contributed by atoms with Crippen molar-refractivity contribution in [2.75, 3.05) is 13.6 Å². The van der Waals surface area contributed by atoms with Crippen LogP contribution in [0.2, 0.25) is 0 Å². The van der Waals surface area contributed by atoms with Crippen LogP contribution in [0.1, 0.15) is 30.8 Å². The molecule has 0 fully saturated rings. The minimum atomic E-state index is 1.02. The van der Waals surface area contributed by atoms with Crippen LogP contribution in [0.5, 0.6) is 0 Å². The molecule has 0 aliphatic heterocycles. The van der Waals surface area contributed by atoms with Gasteiger partial charge >= 0.3 is 0 Å². The molecule has 0 spiro atoms. The lowest BCUT2D eigenvalue weighted by molar-refractivity contribution is 0.779. The number of hydrogen-bond donors (Lipinski definition) is 2. The molecule has 74 valence electrons. The van der Waals surface area contributed by atoms with Crippen molar-refractivity contribution in [3.8, 4) is 0 Å². The van der Waals surface area contributed by atoms with E-state index in [0.29, 0.717) is 0 Å². The van der Waals surface area contributed by atoms with Gasteiger partial charge in [0.2, 0.25) is 0 Å². The van der Waals surface area contributed by atoms with E-state index in [4.69, 9.17) is 0 Å². The van der Waals surface area contributed by atoms with Gasteiger partial charge in [-0.15, -0.1) is 0 Å². The van der Waals surface area contributed by atoms with Gasteiger partial charge in [-0.2, -0.15) is 5.10 Å². The molecule has 0 atom stereocenters. The molecular formula is C10H19N3. The van der Waals surface area contributed by atoms with Crippen molar-refractivity contribution in [1.29, 1.82) is 0 Å². The summed E-state index contributed by atoms with van der Waals surface area (Å²) in [5.74, 6) is 0. The second kappa shape index (κ2) is 5.02. The third kappa shape index (κ3) is 2.31. The zero-order valence-electron chi connectivity index (χ0n) is 8.78. The molecule has 0 saturated heterocycles. The number of hydrogen-bond acceptors (Lipinski definition) is 2. The van der Waals surface area contributed by atoms with E-state index in [1.807, 2.05) is 7.05 Å². The van der Waals surface area contributed by atoms with Crippen molar-refractivity contribution < 1.29 is 0 Å². The number of likely N-dealkylation sites (N-methyl/N-ethyl adjacent to an activating group) is 1. The summed E-state index contributed by atoms with van der Waals surface area (Å²) in [5, 5.41) is 10.6. The summed E-state index contributed by atoms with van der Waals surface area (Å²) < 4.78 is 0. The first-order valence-electron chi connectivity index (χ1n) is 5.03. The lowest BCUT2D eigenvalue weighted by atomic mass is 10.1. The van der Waals surface area contributed by atoms with E-state index in [9.17, 15) is 0 Å². The average Bonchev–Trinajstić information content (AvgIpc) is 2.56. The normalized spacial score (nSPS) is 10.7. The Morgan fingerprint density at radius 2 is 2.08 bits per heavy atom. The molecule has 1 aromatic rings. The Hall–Kier alpha value is -0.830. The van der Waals surface area contributed by atoms with E-state index >= 15 is 0 Å². The Balaban J connectivity index is 2.78. The van der Waals surface area contributed by atoms with Crippen LogP contribution in [0.4, 0.5) is 0 Å². The van der Waals surface area contributed by atoms with Crippen LogP contribution >= 0.6 is 0 Å². The molecule has 0 radical (unpaired) electrons. The van der Waals surface area contributed by atoms with Crippen molar-refractivity contribution in [2.24, 2.45) is 0 Å². The molecule has 0 unspecified atom stereocenters. The number of aromatic amines is 1. The largest absolute Gasteiger partial charge is 0.319 e. The molecule has 1 rings (SSSR count). The molecule has 0 bridgehead atoms. The van der Waals surface area contributed by atoms with Crippen LogP contribution in [0.3, 0.4) is 0 Å². The molecule has 1 aromatic heterocycles. The Kier molecular flexibility index (Phi) is 3.96. The van der Waals surface area contributed by atoms with Crippen molar-refractivity contribution >= 4 is 0 Å². The third-order valence-corrected chi connectivity index (χ3v) is 2.35. The Morgan fingerprint density at radius 3 is 2.62 bits per heavy atom. The predicted octanol–water partition coefficient (Wildman–Crippen LogP) is 1.30. The highest BCUT2D eigenvalue weighted by molar-refractivity contribution is 5.25. The van der Waals surface area contributed by atoms with Crippen molar-refractivity contribution in [3.05, 3.63) is 17.0 Å². The molecule has 0 saturated carbocycles. The summed E-state index contributed by atoms with van der Waals surface area (Å²) in [7, 11) is 1.98. The van der Waals surface area contributed by atoms with Crippen molar-refractivity contribution in [3.63, 3.8) is 0 Å². The van der Waals surface area contributed by atoms with Gasteiger partial charge in [0.1, 0.15) is 0 Å². The second-order valence-corrected chi connectivity index (χ2v) is 3.19. The van der Waals surface area contributed by atoms with Crippen LogP contribution in [0.15, 0.2) is 0 Å². The van der Waals surface area contributed by atoms with Crippen LogP contribution in [0.25, 0.3) is 0 Å². The minimum Gasteiger partial charge on any atom is -0.319 e. The molecule has 1 heterocycles. The summed E-state index contributed by atoms with van der Waals surface area (Å²) in [4.78, 5) is 0. The lowest BCUT2D eigenvalue weighted by Crippen LogP contribution is -2.11. The maximum absolute atomic E-state index is 4.31. The fourth-order valence-corrected chi connectivity index (χ4v) is 1.57. The molecule has 13 heavy (non-hydrogen) atoms. The molecular weight excluding hydrogens is 162 g/mol. The van der Waals surface area contributed by atoms with Gasteiger partial charge in [-0.25, -0.2) is 0 Å². The Labute approximate surface area is 79.9 Å². The first-order valence-corrected chi connectivity index (χ1v) is 5.03. The molecule has 0 aliphatic rings. The quantitative estimate of drug-likeness (QED) is 0.718. The number of rotatable bonds is 5. The highest BCUT2D eigenvalue weighted by Gasteiger charge is 2.08. The number of nitrogens with one attached hydrogen (secondary N) is 2. The maximum Gasteiger partial charge on any atom is 0.0654 e. The highest BCUT2D eigenvalue weighted by Crippen LogP contribution is 2.12. The first kappa shape index (κ1) is 10.3. The van der Waals surface area contributed by atoms with E-state index in [0.717, 1.165) is 25.8 Å². The number of aromatic nitrogens is 2. The zero-order chi connectivity index (χ0) is 9.68. The molecule has 3 nitrogen and oxygen atoms in total. The van der Waals surface area contributed by atoms with Gasteiger partial charge in [-0.05, 0) is 38.4 Å².